The molecule has 0 radical (unpaired) electrons. The summed E-state index contributed by atoms with van der Waals surface area (Å²) in [5.41, 5.74) is -1.10. The molecule has 0 heterocycles. The third-order valence-corrected chi connectivity index (χ3v) is 2.21. The molecule has 1 unspecified atom stereocenters. The summed E-state index contributed by atoms with van der Waals surface area (Å²) >= 11 is 0. The average Bonchev–Trinajstić information content (AvgIpc) is 2.10. The minimum Gasteiger partial charge on any atom is -0.479 e. The number of hydrogen-bond donors (Lipinski definition) is 1. The topological polar surface area (TPSA) is 55.8 Å². The van der Waals surface area contributed by atoms with E-state index in [1.165, 1.54) is 0 Å². The van der Waals surface area contributed by atoms with Gasteiger partial charge in [-0.1, -0.05) is 13.8 Å². The largest absolute Gasteiger partial charge is 0.479 e. The normalized spacial score (nSPS) is 15.4. The van der Waals surface area contributed by atoms with Crippen LogP contribution < -0.4 is 0 Å². The first kappa shape index (κ1) is 15.4. The molecule has 4 nitrogen and oxygen atoms in total. The van der Waals surface area contributed by atoms with Gasteiger partial charge in [-0.25, -0.2) is 4.79 Å². The Hall–Kier alpha value is -0.610. The summed E-state index contributed by atoms with van der Waals surface area (Å²) < 4.78 is 10.7. The lowest BCUT2D eigenvalue weighted by Crippen LogP contribution is -2.40. The van der Waals surface area contributed by atoms with Crippen molar-refractivity contribution in [2.45, 2.75) is 52.7 Å². The molecule has 4 heteroatoms. The van der Waals surface area contributed by atoms with Crippen LogP contribution in [0.5, 0.6) is 0 Å². The summed E-state index contributed by atoms with van der Waals surface area (Å²) in [6.45, 7) is 10.2. The van der Waals surface area contributed by atoms with E-state index in [1.807, 2.05) is 27.7 Å². The lowest BCUT2D eigenvalue weighted by molar-refractivity contribution is -0.168. The predicted molar refractivity (Wildman–Crippen MR) is 62.5 cm³/mol. The zero-order valence-electron chi connectivity index (χ0n) is 10.9. The van der Waals surface area contributed by atoms with Crippen molar-refractivity contribution in [1.29, 1.82) is 0 Å². The molecule has 0 aliphatic rings. The number of carbonyl (C=O) groups is 1. The van der Waals surface area contributed by atoms with Gasteiger partial charge in [0.2, 0.25) is 0 Å². The van der Waals surface area contributed by atoms with E-state index < -0.39 is 11.6 Å². The van der Waals surface area contributed by atoms with Crippen LogP contribution in [0.25, 0.3) is 0 Å². The van der Waals surface area contributed by atoms with Gasteiger partial charge in [0, 0.05) is 0 Å². The summed E-state index contributed by atoms with van der Waals surface area (Å²) in [4.78, 5) is 11.1. The third-order valence-electron chi connectivity index (χ3n) is 2.21. The van der Waals surface area contributed by atoms with Gasteiger partial charge < -0.3 is 14.6 Å². The van der Waals surface area contributed by atoms with Crippen LogP contribution in [0, 0.1) is 5.92 Å². The monoisotopic (exact) mass is 232 g/mol. The third kappa shape index (κ3) is 6.08. The molecule has 0 amide bonds. The molecule has 0 bridgehead atoms. The van der Waals surface area contributed by atoms with E-state index in [2.05, 4.69) is 0 Å². The molecular weight excluding hydrogens is 208 g/mol. The van der Waals surface area contributed by atoms with Gasteiger partial charge in [0.1, 0.15) is 0 Å². The maximum atomic E-state index is 11.1. The molecule has 0 aliphatic carbocycles. The molecule has 1 atom stereocenters. The molecule has 0 aliphatic heterocycles. The second kappa shape index (κ2) is 6.86. The highest BCUT2D eigenvalue weighted by Gasteiger charge is 2.34. The summed E-state index contributed by atoms with van der Waals surface area (Å²) in [6, 6.07) is 0. The maximum absolute atomic E-state index is 11.1. The molecule has 0 aromatic heterocycles. The van der Waals surface area contributed by atoms with Crippen LogP contribution in [0.15, 0.2) is 0 Å². The minimum absolute atomic E-state index is 0.143. The Morgan fingerprint density at radius 1 is 1.25 bits per heavy atom. The van der Waals surface area contributed by atoms with Crippen molar-refractivity contribution in [2.24, 2.45) is 5.92 Å². The van der Waals surface area contributed by atoms with Gasteiger partial charge in [-0.3, -0.25) is 0 Å². The SMILES string of the molecule is CC(C)CC(C)(OCCOC(C)C)C(=O)O. The quantitative estimate of drug-likeness (QED) is 0.652. The van der Waals surface area contributed by atoms with Crippen molar-refractivity contribution in [2.75, 3.05) is 13.2 Å². The summed E-state index contributed by atoms with van der Waals surface area (Å²) in [7, 11) is 0. The number of ether oxygens (including phenoxy) is 2. The number of carboxylic acid groups (broad SMARTS) is 1. The molecule has 0 aromatic rings. The van der Waals surface area contributed by atoms with Crippen LogP contribution in [0.1, 0.15) is 41.0 Å². The van der Waals surface area contributed by atoms with E-state index in [1.54, 1.807) is 6.92 Å². The Kier molecular flexibility index (Phi) is 6.60. The van der Waals surface area contributed by atoms with E-state index in [4.69, 9.17) is 14.6 Å². The number of hydrogen-bond acceptors (Lipinski definition) is 3. The Morgan fingerprint density at radius 3 is 2.19 bits per heavy atom. The first-order valence-electron chi connectivity index (χ1n) is 5.77. The summed E-state index contributed by atoms with van der Waals surface area (Å²) in [5.74, 6) is -0.627. The summed E-state index contributed by atoms with van der Waals surface area (Å²) in [5, 5.41) is 9.12. The molecule has 0 saturated heterocycles. The van der Waals surface area contributed by atoms with Crippen molar-refractivity contribution in [1.82, 2.24) is 0 Å². The molecule has 0 rings (SSSR count). The smallest absolute Gasteiger partial charge is 0.335 e. The van der Waals surface area contributed by atoms with Crippen LogP contribution in [0.4, 0.5) is 0 Å². The van der Waals surface area contributed by atoms with Crippen LogP contribution >= 0.6 is 0 Å². The number of carboxylic acids is 1. The Balaban J connectivity index is 4.08. The second-order valence-corrected chi connectivity index (χ2v) is 4.90. The van der Waals surface area contributed by atoms with Gasteiger partial charge in [0.25, 0.3) is 0 Å². The zero-order valence-corrected chi connectivity index (χ0v) is 10.9. The highest BCUT2D eigenvalue weighted by atomic mass is 16.6. The Bertz CT molecular complexity index is 213. The Morgan fingerprint density at radius 2 is 1.81 bits per heavy atom. The highest BCUT2D eigenvalue weighted by Crippen LogP contribution is 2.21. The predicted octanol–water partition coefficient (Wildman–Crippen LogP) is 2.32. The van der Waals surface area contributed by atoms with Gasteiger partial charge in [-0.15, -0.1) is 0 Å². The molecule has 16 heavy (non-hydrogen) atoms. The summed E-state index contributed by atoms with van der Waals surface area (Å²) in [6.07, 6.45) is 0.647. The van der Waals surface area contributed by atoms with E-state index in [9.17, 15) is 4.79 Å². The fraction of sp³-hybridized carbons (Fsp3) is 0.917. The van der Waals surface area contributed by atoms with E-state index >= 15 is 0 Å². The van der Waals surface area contributed by atoms with E-state index in [0.29, 0.717) is 19.6 Å². The fourth-order valence-electron chi connectivity index (χ4n) is 1.54. The van der Waals surface area contributed by atoms with Crippen LogP contribution in [0.2, 0.25) is 0 Å². The van der Waals surface area contributed by atoms with Gasteiger partial charge in [0.15, 0.2) is 5.60 Å². The van der Waals surface area contributed by atoms with Gasteiger partial charge in [0.05, 0.1) is 19.3 Å². The van der Waals surface area contributed by atoms with E-state index in [0.717, 1.165) is 0 Å². The van der Waals surface area contributed by atoms with Gasteiger partial charge in [-0.05, 0) is 33.1 Å². The molecular formula is C12H24O4. The second-order valence-electron chi connectivity index (χ2n) is 4.90. The first-order valence-corrected chi connectivity index (χ1v) is 5.77. The molecule has 0 spiro atoms. The number of aliphatic carboxylic acids is 1. The molecule has 1 N–H and O–H groups in total. The van der Waals surface area contributed by atoms with Crippen molar-refractivity contribution in [3.8, 4) is 0 Å². The van der Waals surface area contributed by atoms with Gasteiger partial charge in [-0.2, -0.15) is 0 Å². The number of rotatable bonds is 8. The minimum atomic E-state index is -1.10. The fourth-order valence-corrected chi connectivity index (χ4v) is 1.54. The molecule has 96 valence electrons. The maximum Gasteiger partial charge on any atom is 0.335 e. The van der Waals surface area contributed by atoms with Crippen LogP contribution in [0.3, 0.4) is 0 Å². The van der Waals surface area contributed by atoms with Crippen molar-refractivity contribution in [3.63, 3.8) is 0 Å². The van der Waals surface area contributed by atoms with E-state index in [-0.39, 0.29) is 12.0 Å². The average molecular weight is 232 g/mol. The zero-order chi connectivity index (χ0) is 12.8. The molecule has 0 fully saturated rings. The highest BCUT2D eigenvalue weighted by molar-refractivity contribution is 5.76. The molecule has 0 aromatic carbocycles. The van der Waals surface area contributed by atoms with Crippen LogP contribution in [-0.2, 0) is 14.3 Å². The lowest BCUT2D eigenvalue weighted by Gasteiger charge is -2.27. The van der Waals surface area contributed by atoms with Crippen molar-refractivity contribution >= 4 is 5.97 Å². The standard InChI is InChI=1S/C12H24O4/c1-9(2)8-12(5,11(13)14)16-7-6-15-10(3)4/h9-10H,6-8H2,1-5H3,(H,13,14). The Labute approximate surface area is 97.9 Å². The van der Waals surface area contributed by atoms with Crippen LogP contribution in [-0.4, -0.2) is 36.0 Å². The first-order chi connectivity index (χ1) is 7.28. The van der Waals surface area contributed by atoms with Gasteiger partial charge >= 0.3 is 5.97 Å². The molecule has 0 saturated carbocycles. The van der Waals surface area contributed by atoms with Crippen molar-refractivity contribution < 1.29 is 19.4 Å². The lowest BCUT2D eigenvalue weighted by atomic mass is 9.94. The van der Waals surface area contributed by atoms with Crippen molar-refractivity contribution in [3.05, 3.63) is 0 Å².